The molecule has 1 aromatic rings. The van der Waals surface area contributed by atoms with E-state index in [0.717, 1.165) is 6.08 Å². The van der Waals surface area contributed by atoms with E-state index in [0.29, 0.717) is 0 Å². The lowest BCUT2D eigenvalue weighted by atomic mass is 10.1. The third kappa shape index (κ3) is 10.4. The molecule has 0 fully saturated rings. The fraction of sp³-hybridized carbons (Fsp3) is 0.389. The summed E-state index contributed by atoms with van der Waals surface area (Å²) in [6, 6.07) is 5.60. The van der Waals surface area contributed by atoms with E-state index >= 15 is 0 Å². The summed E-state index contributed by atoms with van der Waals surface area (Å²) in [6.45, 7) is 2.11. The Labute approximate surface area is 161 Å². The van der Waals surface area contributed by atoms with Crippen molar-refractivity contribution in [3.05, 3.63) is 48.0 Å². The average molecular weight is 400 g/mol. The Morgan fingerprint density at radius 2 is 1.57 bits per heavy atom. The van der Waals surface area contributed by atoms with Gasteiger partial charge in [0, 0.05) is 12.5 Å². The van der Waals surface area contributed by atoms with Crippen molar-refractivity contribution in [3.63, 3.8) is 0 Å². The highest BCUT2D eigenvalue weighted by Crippen LogP contribution is 2.10. The summed E-state index contributed by atoms with van der Waals surface area (Å²) < 4.78 is 9.52. The molecule has 0 amide bonds. The number of carbonyl (C=O) groups is 3. The highest BCUT2D eigenvalue weighted by atomic mass is 16.5. The molecular weight excluding hydrogens is 376 g/mol. The van der Waals surface area contributed by atoms with E-state index in [1.807, 2.05) is 0 Å². The maximum Gasteiger partial charge on any atom is 0.339 e. The van der Waals surface area contributed by atoms with Crippen molar-refractivity contribution in [2.75, 3.05) is 26.4 Å². The summed E-state index contributed by atoms with van der Waals surface area (Å²) in [6.07, 6.45) is -0.911. The van der Waals surface area contributed by atoms with Gasteiger partial charge in [0.05, 0.1) is 37.1 Å². The summed E-state index contributed by atoms with van der Waals surface area (Å²) in [7, 11) is 0. The number of carbonyl (C=O) groups excluding carboxylic acids is 2. The third-order valence-corrected chi connectivity index (χ3v) is 3.07. The largest absolute Gasteiger partial charge is 0.478 e. The molecule has 1 atom stereocenters. The summed E-state index contributed by atoms with van der Waals surface area (Å²) in [4.78, 5) is 33.6. The Hall–Kier alpha value is -2.79. The zero-order chi connectivity index (χ0) is 21.5. The Kier molecular flexibility index (Phi) is 12.9. The monoisotopic (exact) mass is 400 g/mol. The summed E-state index contributed by atoms with van der Waals surface area (Å²) in [5.41, 5.74) is -0.276. The first-order chi connectivity index (χ1) is 13.3. The Morgan fingerprint density at radius 3 is 2.04 bits per heavy atom. The number of rotatable bonds is 10. The maximum absolute atomic E-state index is 11.8. The normalized spacial score (nSPS) is 11.0. The van der Waals surface area contributed by atoms with E-state index in [-0.39, 0.29) is 44.0 Å². The van der Waals surface area contributed by atoms with Crippen molar-refractivity contribution >= 4 is 17.9 Å². The number of aliphatic hydroxyl groups excluding tert-OH is 4. The van der Waals surface area contributed by atoms with Crippen LogP contribution in [-0.4, -0.2) is 82.1 Å². The molecule has 1 rings (SSSR count). The summed E-state index contributed by atoms with van der Waals surface area (Å²) in [5.74, 6) is -2.70. The van der Waals surface area contributed by atoms with Crippen molar-refractivity contribution in [2.45, 2.75) is 18.6 Å². The van der Waals surface area contributed by atoms with Crippen LogP contribution in [0, 0.1) is 0 Å². The van der Waals surface area contributed by atoms with E-state index in [2.05, 4.69) is 11.3 Å². The van der Waals surface area contributed by atoms with Gasteiger partial charge in [-0.1, -0.05) is 18.7 Å². The maximum atomic E-state index is 11.8. The van der Waals surface area contributed by atoms with Gasteiger partial charge in [-0.3, -0.25) is 0 Å². The van der Waals surface area contributed by atoms with Gasteiger partial charge in [-0.15, -0.1) is 0 Å². The van der Waals surface area contributed by atoms with Crippen molar-refractivity contribution < 1.29 is 49.4 Å². The van der Waals surface area contributed by atoms with Crippen LogP contribution in [0.25, 0.3) is 0 Å². The first-order valence-corrected chi connectivity index (χ1v) is 8.13. The van der Waals surface area contributed by atoms with Crippen LogP contribution < -0.4 is 0 Å². The molecule has 0 aliphatic carbocycles. The SMILES string of the molecule is C=CC(=O)OCCC(O)COC(=O)c1ccccc1C(=O)O.OCC(O)CO. The number of hydrogen-bond acceptors (Lipinski definition) is 9. The van der Waals surface area contributed by atoms with Crippen molar-refractivity contribution in [1.29, 1.82) is 0 Å². The second-order valence-electron chi connectivity index (χ2n) is 5.28. The summed E-state index contributed by atoms with van der Waals surface area (Å²) >= 11 is 0. The standard InChI is InChI=1S/C15H16O7.C3H8O3/c1-2-13(17)21-8-7-10(16)9-22-15(20)12-6-4-3-5-11(12)14(18)19;4-1-3(6)2-5/h2-6,10,16H,1,7-9H2,(H,18,19);3-6H,1-2H2. The Morgan fingerprint density at radius 1 is 1.00 bits per heavy atom. The van der Waals surface area contributed by atoms with Crippen LogP contribution in [0.3, 0.4) is 0 Å². The predicted octanol–water partition coefficient (Wildman–Crippen LogP) is -0.646. The molecule has 10 nitrogen and oxygen atoms in total. The van der Waals surface area contributed by atoms with Crippen LogP contribution in [-0.2, 0) is 14.3 Å². The molecule has 156 valence electrons. The van der Waals surface area contributed by atoms with E-state index in [4.69, 9.17) is 25.2 Å². The van der Waals surface area contributed by atoms with Crippen LogP contribution in [0.4, 0.5) is 0 Å². The zero-order valence-corrected chi connectivity index (χ0v) is 15.1. The van der Waals surface area contributed by atoms with Gasteiger partial charge in [0.25, 0.3) is 0 Å². The van der Waals surface area contributed by atoms with Gasteiger partial charge in [0.2, 0.25) is 0 Å². The molecule has 0 aromatic heterocycles. The number of aliphatic hydroxyl groups is 4. The van der Waals surface area contributed by atoms with Gasteiger partial charge in [0.15, 0.2) is 0 Å². The first-order valence-electron chi connectivity index (χ1n) is 8.13. The van der Waals surface area contributed by atoms with Crippen LogP contribution in [0.5, 0.6) is 0 Å². The van der Waals surface area contributed by atoms with E-state index in [1.54, 1.807) is 0 Å². The minimum absolute atomic E-state index is 0.0463. The lowest BCUT2D eigenvalue weighted by molar-refractivity contribution is -0.138. The second kappa shape index (κ2) is 14.3. The molecule has 28 heavy (non-hydrogen) atoms. The van der Waals surface area contributed by atoms with Crippen molar-refractivity contribution in [1.82, 2.24) is 0 Å². The quantitative estimate of drug-likeness (QED) is 0.251. The molecule has 0 radical (unpaired) electrons. The molecule has 0 aliphatic heterocycles. The topological polar surface area (TPSA) is 171 Å². The molecule has 0 saturated heterocycles. The summed E-state index contributed by atoms with van der Waals surface area (Å²) in [5, 5.41) is 42.6. The number of hydrogen-bond donors (Lipinski definition) is 5. The fourth-order valence-electron chi connectivity index (χ4n) is 1.59. The van der Waals surface area contributed by atoms with Crippen LogP contribution in [0.15, 0.2) is 36.9 Å². The molecule has 0 saturated carbocycles. The molecule has 0 heterocycles. The van der Waals surface area contributed by atoms with Gasteiger partial charge >= 0.3 is 17.9 Å². The van der Waals surface area contributed by atoms with Crippen LogP contribution in [0.1, 0.15) is 27.1 Å². The van der Waals surface area contributed by atoms with Gasteiger partial charge < -0.3 is 35.0 Å². The number of carboxylic acids is 1. The molecule has 0 aliphatic rings. The molecule has 0 bridgehead atoms. The second-order valence-corrected chi connectivity index (χ2v) is 5.28. The van der Waals surface area contributed by atoms with Crippen molar-refractivity contribution in [2.24, 2.45) is 0 Å². The van der Waals surface area contributed by atoms with E-state index in [1.165, 1.54) is 24.3 Å². The minimum Gasteiger partial charge on any atom is -0.478 e. The third-order valence-electron chi connectivity index (χ3n) is 3.07. The molecule has 5 N–H and O–H groups in total. The lowest BCUT2D eigenvalue weighted by Gasteiger charge is -2.12. The number of benzene rings is 1. The highest BCUT2D eigenvalue weighted by molar-refractivity contribution is 6.02. The molecule has 1 aromatic carbocycles. The van der Waals surface area contributed by atoms with E-state index in [9.17, 15) is 19.5 Å². The van der Waals surface area contributed by atoms with E-state index < -0.39 is 30.1 Å². The minimum atomic E-state index is -1.25. The zero-order valence-electron chi connectivity index (χ0n) is 15.1. The Bertz CT molecular complexity index is 639. The lowest BCUT2D eigenvalue weighted by Crippen LogP contribution is -2.22. The fourth-order valence-corrected chi connectivity index (χ4v) is 1.59. The molecule has 0 spiro atoms. The van der Waals surface area contributed by atoms with Gasteiger partial charge in [-0.25, -0.2) is 14.4 Å². The molecule has 1 unspecified atom stereocenters. The smallest absolute Gasteiger partial charge is 0.339 e. The highest BCUT2D eigenvalue weighted by Gasteiger charge is 2.18. The van der Waals surface area contributed by atoms with Gasteiger partial charge in [-0.2, -0.15) is 0 Å². The average Bonchev–Trinajstić information content (AvgIpc) is 2.71. The van der Waals surface area contributed by atoms with Crippen LogP contribution >= 0.6 is 0 Å². The van der Waals surface area contributed by atoms with Crippen LogP contribution in [0.2, 0.25) is 0 Å². The number of aromatic carboxylic acids is 1. The van der Waals surface area contributed by atoms with Crippen molar-refractivity contribution in [3.8, 4) is 0 Å². The predicted molar refractivity (Wildman–Crippen MR) is 95.6 cm³/mol. The van der Waals surface area contributed by atoms with Gasteiger partial charge in [-0.05, 0) is 12.1 Å². The first kappa shape index (κ1) is 25.2. The van der Waals surface area contributed by atoms with Gasteiger partial charge in [0.1, 0.15) is 12.7 Å². The molecular formula is C18H24O10. The number of ether oxygens (including phenoxy) is 2. The number of carboxylic acid groups (broad SMARTS) is 1. The number of esters is 2. The molecule has 10 heteroatoms. The Balaban J connectivity index is 0.00000105.